The van der Waals surface area contributed by atoms with E-state index in [2.05, 4.69) is 37.2 Å². The molecule has 0 spiro atoms. The number of hydrogen-bond acceptors (Lipinski definition) is 12. The summed E-state index contributed by atoms with van der Waals surface area (Å²) >= 11 is 0. The fourth-order valence-corrected chi connectivity index (χ4v) is 8.17. The lowest BCUT2D eigenvalue weighted by Gasteiger charge is -2.35. The van der Waals surface area contributed by atoms with Gasteiger partial charge in [-0.2, -0.15) is 9.97 Å². The van der Waals surface area contributed by atoms with Gasteiger partial charge in [0.1, 0.15) is 35.4 Å². The molecule has 1 aromatic carbocycles. The number of carbonyl (C=O) groups excluding carboxylic acids is 4. The highest BCUT2D eigenvalue weighted by atomic mass is 32.2. The molecule has 3 aliphatic carbocycles. The summed E-state index contributed by atoms with van der Waals surface area (Å²) in [5.41, 5.74) is -1.62. The highest BCUT2D eigenvalue weighted by Crippen LogP contribution is 2.45. The van der Waals surface area contributed by atoms with E-state index in [0.717, 1.165) is 31.4 Å². The topological polar surface area (TPSA) is 201 Å². The van der Waals surface area contributed by atoms with Crippen LogP contribution in [0.2, 0.25) is 0 Å². The van der Waals surface area contributed by atoms with Crippen molar-refractivity contribution in [2.45, 2.75) is 94.7 Å². The predicted octanol–water partition coefficient (Wildman–Crippen LogP) is 2.96. The number of methoxy groups -OCH3 is 1. The number of para-hydroxylation sites is 1. The van der Waals surface area contributed by atoms with E-state index in [1.165, 1.54) is 18.1 Å². The Hall–Kier alpha value is -4.93. The van der Waals surface area contributed by atoms with E-state index in [1.54, 1.807) is 31.7 Å². The number of amides is 4. The number of nitrogens with one attached hydrogen (secondary N) is 4. The van der Waals surface area contributed by atoms with Crippen molar-refractivity contribution in [1.29, 1.82) is 0 Å². The number of nitrogens with zero attached hydrogens (tertiary/aromatic N) is 4. The molecule has 2 heterocycles. The second-order valence-electron chi connectivity index (χ2n) is 15.2. The zero-order valence-corrected chi connectivity index (χ0v) is 31.3. The van der Waals surface area contributed by atoms with Crippen molar-refractivity contribution >= 4 is 51.2 Å². The summed E-state index contributed by atoms with van der Waals surface area (Å²) in [6.45, 7) is 8.96. The zero-order valence-electron chi connectivity index (χ0n) is 30.5. The van der Waals surface area contributed by atoms with Gasteiger partial charge in [0.15, 0.2) is 0 Å². The third-order valence-corrected chi connectivity index (χ3v) is 11.9. The Balaban J connectivity index is 1.30. The van der Waals surface area contributed by atoms with Crippen LogP contribution in [-0.2, 0) is 29.1 Å². The number of aromatic nitrogens is 2. The molecule has 17 heteroatoms. The summed E-state index contributed by atoms with van der Waals surface area (Å²) in [6, 6.07) is 8.72. The summed E-state index contributed by atoms with van der Waals surface area (Å²) in [4.78, 5) is 67.5. The van der Waals surface area contributed by atoms with Gasteiger partial charge in [-0.3, -0.25) is 19.1 Å². The van der Waals surface area contributed by atoms with Crippen LogP contribution in [0.4, 0.5) is 22.1 Å². The van der Waals surface area contributed by atoms with Crippen LogP contribution in [0, 0.1) is 11.3 Å². The molecule has 16 nitrogen and oxygen atoms in total. The molecular weight excluding hydrogens is 705 g/mol. The lowest BCUT2D eigenvalue weighted by atomic mass is 9.85. The maximum Gasteiger partial charge on any atom is 0.408 e. The molecular formula is C36H48N8O8S. The number of hydrogen-bond donors (Lipinski definition) is 4. The van der Waals surface area contributed by atoms with E-state index in [0.29, 0.717) is 24.5 Å². The molecule has 1 aliphatic heterocycles. The van der Waals surface area contributed by atoms with Crippen LogP contribution in [0.3, 0.4) is 0 Å². The van der Waals surface area contributed by atoms with E-state index >= 15 is 0 Å². The normalized spacial score (nSPS) is 23.5. The predicted molar refractivity (Wildman–Crippen MR) is 196 cm³/mol. The molecule has 53 heavy (non-hydrogen) atoms. The fourth-order valence-electron chi connectivity index (χ4n) is 6.80. The monoisotopic (exact) mass is 752 g/mol. The van der Waals surface area contributed by atoms with Gasteiger partial charge in [0.25, 0.3) is 5.91 Å². The average molecular weight is 753 g/mol. The molecule has 0 radical (unpaired) electrons. The fraction of sp³-hybridized carbons (Fsp3) is 0.556. The lowest BCUT2D eigenvalue weighted by Crippen LogP contribution is -2.60. The van der Waals surface area contributed by atoms with Crippen LogP contribution in [0.1, 0.15) is 65.7 Å². The van der Waals surface area contributed by atoms with E-state index in [9.17, 15) is 27.6 Å². The summed E-state index contributed by atoms with van der Waals surface area (Å²) in [7, 11) is -2.49. The first-order valence-corrected chi connectivity index (χ1v) is 19.5. The van der Waals surface area contributed by atoms with Crippen LogP contribution in [0.15, 0.2) is 49.1 Å². The maximum absolute atomic E-state index is 14.6. The third kappa shape index (κ3) is 8.50. The first-order valence-electron chi connectivity index (χ1n) is 17.9. The van der Waals surface area contributed by atoms with Crippen LogP contribution in [0.25, 0.3) is 0 Å². The van der Waals surface area contributed by atoms with Crippen molar-refractivity contribution in [2.24, 2.45) is 11.3 Å². The van der Waals surface area contributed by atoms with Crippen molar-refractivity contribution < 1.29 is 37.1 Å². The molecule has 1 saturated heterocycles. The number of sulfonamides is 1. The number of anilines is 3. The molecule has 286 valence electrons. The average Bonchev–Trinajstić information content (AvgIpc) is 3.99. The minimum absolute atomic E-state index is 0.0369. The third-order valence-electron chi connectivity index (χ3n) is 10.1. The highest BCUT2D eigenvalue weighted by molar-refractivity contribution is 7.91. The van der Waals surface area contributed by atoms with E-state index < -0.39 is 68.0 Å². The highest BCUT2D eigenvalue weighted by Gasteiger charge is 2.62. The Morgan fingerprint density at radius 3 is 2.36 bits per heavy atom. The SMILES string of the molecule is C=C[C@@H]1C[C@]1(NC(=O)[C@@H]1CN(c2cc(Nc3ccccc3)nc(OC)n2)CN1C(=O)[C@@H](NC(=O)OC1CCCC1)C(C)(C)C)C(=O)NS(=O)(=O)C1CC1. The van der Waals surface area contributed by atoms with Gasteiger partial charge in [0.05, 0.1) is 25.6 Å². The second kappa shape index (κ2) is 14.8. The van der Waals surface area contributed by atoms with Gasteiger partial charge >= 0.3 is 12.1 Å². The second-order valence-corrected chi connectivity index (χ2v) is 17.2. The van der Waals surface area contributed by atoms with Crippen LogP contribution in [-0.4, -0.2) is 96.4 Å². The van der Waals surface area contributed by atoms with Crippen LogP contribution < -0.4 is 30.3 Å². The van der Waals surface area contributed by atoms with Gasteiger partial charge in [-0.1, -0.05) is 45.0 Å². The van der Waals surface area contributed by atoms with Crippen molar-refractivity contribution in [1.82, 2.24) is 30.2 Å². The molecule has 1 aromatic heterocycles. The smallest absolute Gasteiger partial charge is 0.408 e. The van der Waals surface area contributed by atoms with Gasteiger partial charge in [0.2, 0.25) is 21.8 Å². The molecule has 2 aromatic rings. The number of carbonyl (C=O) groups is 4. The van der Waals surface area contributed by atoms with Crippen molar-refractivity contribution in [2.75, 3.05) is 30.5 Å². The summed E-state index contributed by atoms with van der Waals surface area (Å²) in [5, 5.41) is 8.12. The molecule has 4 N–H and O–H groups in total. The number of benzene rings is 1. The van der Waals surface area contributed by atoms with Gasteiger partial charge in [-0.05, 0) is 62.5 Å². The standard InChI is InChI=1S/C36H48N8O8S/c1-6-22-19-36(22,32(47)42-53(49,50)25-16-17-25)41-30(45)26-20-43(28-18-27(38-33(39-28)51-5)37-23-12-8-7-9-13-23)21-44(26)31(46)29(35(2,3)4)40-34(48)52-24-14-10-11-15-24/h6-9,12-13,18,22,24-26,29H,1,10-11,14-17,19-21H2,2-5H3,(H,40,48)(H,41,45)(H,42,47)(H,37,38,39)/t22-,26+,29-,36-/m1/s1. The Morgan fingerprint density at radius 1 is 1.06 bits per heavy atom. The van der Waals surface area contributed by atoms with Gasteiger partial charge in [-0.15, -0.1) is 6.58 Å². The minimum atomic E-state index is -3.91. The molecule has 4 fully saturated rings. The molecule has 0 bridgehead atoms. The van der Waals surface area contributed by atoms with Crippen LogP contribution >= 0.6 is 0 Å². The maximum atomic E-state index is 14.6. The summed E-state index contributed by atoms with van der Waals surface area (Å²) < 4.78 is 38.6. The first-order chi connectivity index (χ1) is 25.1. The molecule has 4 amide bonds. The molecule has 4 atom stereocenters. The largest absolute Gasteiger partial charge is 0.467 e. The molecule has 6 rings (SSSR count). The Kier molecular flexibility index (Phi) is 10.6. The minimum Gasteiger partial charge on any atom is -0.467 e. The Bertz CT molecular complexity index is 1840. The molecule has 0 unspecified atom stereocenters. The molecule has 3 saturated carbocycles. The number of rotatable bonds is 13. The summed E-state index contributed by atoms with van der Waals surface area (Å²) in [5.74, 6) is -1.90. The number of ether oxygens (including phenoxy) is 2. The van der Waals surface area contributed by atoms with E-state index in [1.807, 2.05) is 30.3 Å². The Morgan fingerprint density at radius 2 is 1.75 bits per heavy atom. The summed E-state index contributed by atoms with van der Waals surface area (Å²) in [6.07, 6.45) is 4.98. The molecule has 4 aliphatic rings. The Labute approximate surface area is 309 Å². The number of alkyl carbamates (subject to hydrolysis) is 1. The van der Waals surface area contributed by atoms with Crippen LogP contribution in [0.5, 0.6) is 6.01 Å². The van der Waals surface area contributed by atoms with Crippen molar-refractivity contribution in [3.05, 3.63) is 49.1 Å². The van der Waals surface area contributed by atoms with Crippen molar-refractivity contribution in [3.63, 3.8) is 0 Å². The van der Waals surface area contributed by atoms with Gasteiger partial charge < -0.3 is 35.2 Å². The first kappa shape index (κ1) is 37.8. The van der Waals surface area contributed by atoms with E-state index in [4.69, 9.17) is 9.47 Å². The zero-order chi connectivity index (χ0) is 38.1. The lowest BCUT2D eigenvalue weighted by molar-refractivity contribution is -0.142. The quantitative estimate of drug-likeness (QED) is 0.219. The van der Waals surface area contributed by atoms with Gasteiger partial charge in [-0.25, -0.2) is 13.2 Å². The van der Waals surface area contributed by atoms with Gasteiger partial charge in [0, 0.05) is 17.7 Å². The van der Waals surface area contributed by atoms with E-state index in [-0.39, 0.29) is 31.7 Å². The van der Waals surface area contributed by atoms with Crippen molar-refractivity contribution in [3.8, 4) is 6.01 Å².